The molecule has 1 aromatic rings. The van der Waals surface area contributed by atoms with Crippen LogP contribution in [0.3, 0.4) is 0 Å². The molecule has 0 fully saturated rings. The third-order valence-electron chi connectivity index (χ3n) is 1.19. The van der Waals surface area contributed by atoms with E-state index in [1.54, 1.807) is 0 Å². The molecule has 12 heavy (non-hydrogen) atoms. The Balaban J connectivity index is 3.18. The molecule has 0 aliphatic rings. The van der Waals surface area contributed by atoms with Crippen molar-refractivity contribution in [1.29, 1.82) is 0 Å². The first-order chi connectivity index (χ1) is 5.39. The van der Waals surface area contributed by atoms with Crippen LogP contribution in [0.2, 0.25) is 0 Å². The molecule has 0 aliphatic carbocycles. The third kappa shape index (κ3) is 1.93. The van der Waals surface area contributed by atoms with Crippen molar-refractivity contribution in [2.75, 3.05) is 0 Å². The second kappa shape index (κ2) is 2.73. The summed E-state index contributed by atoms with van der Waals surface area (Å²) in [6, 6.07) is 0.862. The summed E-state index contributed by atoms with van der Waals surface area (Å²) in [7, 11) is 0. The fourth-order valence-corrected chi connectivity index (χ4v) is 0.717. The van der Waals surface area contributed by atoms with Gasteiger partial charge in [-0.25, -0.2) is 8.78 Å². The molecular formula is C7H3F5. The predicted octanol–water partition coefficient (Wildman–Crippen LogP) is 2.98. The molecule has 66 valence electrons. The van der Waals surface area contributed by atoms with Gasteiger partial charge in [0.15, 0.2) is 0 Å². The van der Waals surface area contributed by atoms with Gasteiger partial charge in [-0.3, -0.25) is 0 Å². The number of alkyl halides is 3. The van der Waals surface area contributed by atoms with E-state index >= 15 is 0 Å². The Bertz CT molecular complexity index is 268. The topological polar surface area (TPSA) is 0 Å². The van der Waals surface area contributed by atoms with E-state index in [-0.39, 0.29) is 12.1 Å². The van der Waals surface area contributed by atoms with Crippen LogP contribution in [-0.2, 0) is 6.18 Å². The summed E-state index contributed by atoms with van der Waals surface area (Å²) in [4.78, 5) is 0. The highest BCUT2D eigenvalue weighted by Gasteiger charge is 2.31. The van der Waals surface area contributed by atoms with Crippen LogP contribution >= 0.6 is 0 Å². The number of hydrogen-bond donors (Lipinski definition) is 0. The summed E-state index contributed by atoms with van der Waals surface area (Å²) in [5.41, 5.74) is -1.32. The molecule has 0 heterocycles. The maximum absolute atomic E-state index is 12.2. The second-order valence-electron chi connectivity index (χ2n) is 2.16. The average Bonchev–Trinajstić information content (AvgIpc) is 1.82. The van der Waals surface area contributed by atoms with Gasteiger partial charge in [-0.05, 0) is 12.1 Å². The largest absolute Gasteiger partial charge is 0.416 e. The summed E-state index contributed by atoms with van der Waals surface area (Å²) < 4.78 is 59.9. The second-order valence-corrected chi connectivity index (χ2v) is 2.16. The monoisotopic (exact) mass is 182 g/mol. The van der Waals surface area contributed by atoms with Gasteiger partial charge in [0.25, 0.3) is 0 Å². The molecule has 0 atom stereocenters. The SMILES string of the molecule is Fc1cc(F)cc(C(F)(F)F)c1. The van der Waals surface area contributed by atoms with Crippen molar-refractivity contribution in [1.82, 2.24) is 0 Å². The van der Waals surface area contributed by atoms with Gasteiger partial charge in [0.2, 0.25) is 0 Å². The molecule has 0 amide bonds. The zero-order valence-electron chi connectivity index (χ0n) is 5.62. The molecule has 0 spiro atoms. The van der Waals surface area contributed by atoms with E-state index in [2.05, 4.69) is 0 Å². The van der Waals surface area contributed by atoms with Gasteiger partial charge < -0.3 is 0 Å². The summed E-state index contributed by atoms with van der Waals surface area (Å²) in [6.07, 6.45) is -4.71. The van der Waals surface area contributed by atoms with Crippen molar-refractivity contribution in [2.24, 2.45) is 0 Å². The molecule has 0 aromatic heterocycles. The normalized spacial score (nSPS) is 11.8. The minimum Gasteiger partial charge on any atom is -0.207 e. The van der Waals surface area contributed by atoms with Crippen LogP contribution in [0, 0.1) is 11.6 Å². The molecule has 5 heteroatoms. The molecule has 0 nitrogen and oxygen atoms in total. The van der Waals surface area contributed by atoms with Crippen molar-refractivity contribution < 1.29 is 22.0 Å². The van der Waals surface area contributed by atoms with E-state index in [1.165, 1.54) is 0 Å². The molecule has 0 unspecified atom stereocenters. The Hall–Kier alpha value is -1.13. The Kier molecular flexibility index (Phi) is 2.04. The van der Waals surface area contributed by atoms with E-state index in [1.807, 2.05) is 0 Å². The molecule has 0 aliphatic heterocycles. The number of hydrogen-bond acceptors (Lipinski definition) is 0. The zero-order valence-corrected chi connectivity index (χ0v) is 5.62. The van der Waals surface area contributed by atoms with Gasteiger partial charge in [0.05, 0.1) is 5.56 Å². The van der Waals surface area contributed by atoms with Crippen LogP contribution in [0.1, 0.15) is 5.56 Å². The molecular weight excluding hydrogens is 179 g/mol. The Labute approximate surface area is 64.6 Å². The maximum atomic E-state index is 12.2. The Morgan fingerprint density at radius 2 is 1.25 bits per heavy atom. The van der Waals surface area contributed by atoms with Crippen molar-refractivity contribution in [3.63, 3.8) is 0 Å². The lowest BCUT2D eigenvalue weighted by Gasteiger charge is -2.05. The molecule has 0 saturated carbocycles. The van der Waals surface area contributed by atoms with Crippen LogP contribution in [0.4, 0.5) is 22.0 Å². The quantitative estimate of drug-likeness (QED) is 0.541. The van der Waals surface area contributed by atoms with Gasteiger partial charge in [0.1, 0.15) is 11.6 Å². The van der Waals surface area contributed by atoms with Gasteiger partial charge in [-0.1, -0.05) is 0 Å². The van der Waals surface area contributed by atoms with E-state index in [9.17, 15) is 22.0 Å². The molecule has 1 rings (SSSR count). The first-order valence-electron chi connectivity index (χ1n) is 2.93. The van der Waals surface area contributed by atoms with E-state index in [0.29, 0.717) is 6.07 Å². The molecule has 0 radical (unpaired) electrons. The lowest BCUT2D eigenvalue weighted by Crippen LogP contribution is -2.05. The predicted molar refractivity (Wildman–Crippen MR) is 31.4 cm³/mol. The highest BCUT2D eigenvalue weighted by atomic mass is 19.4. The molecule has 0 N–H and O–H groups in total. The van der Waals surface area contributed by atoms with Crippen LogP contribution in [0.25, 0.3) is 0 Å². The number of rotatable bonds is 0. The van der Waals surface area contributed by atoms with Crippen LogP contribution in [0.15, 0.2) is 18.2 Å². The Morgan fingerprint density at radius 3 is 1.58 bits per heavy atom. The molecule has 0 saturated heterocycles. The van der Waals surface area contributed by atoms with E-state index in [0.717, 1.165) is 0 Å². The van der Waals surface area contributed by atoms with E-state index in [4.69, 9.17) is 0 Å². The fourth-order valence-electron chi connectivity index (χ4n) is 0.717. The number of benzene rings is 1. The smallest absolute Gasteiger partial charge is 0.207 e. The average molecular weight is 182 g/mol. The van der Waals surface area contributed by atoms with Crippen molar-refractivity contribution in [2.45, 2.75) is 6.18 Å². The highest BCUT2D eigenvalue weighted by Crippen LogP contribution is 2.29. The first-order valence-corrected chi connectivity index (χ1v) is 2.93. The Morgan fingerprint density at radius 1 is 0.833 bits per heavy atom. The van der Waals surface area contributed by atoms with Gasteiger partial charge in [-0.15, -0.1) is 0 Å². The summed E-state index contributed by atoms with van der Waals surface area (Å²) in [6.45, 7) is 0. The van der Waals surface area contributed by atoms with Crippen LogP contribution in [-0.4, -0.2) is 0 Å². The summed E-state index contributed by atoms with van der Waals surface area (Å²) in [5, 5.41) is 0. The highest BCUT2D eigenvalue weighted by molar-refractivity contribution is 5.20. The standard InChI is InChI=1S/C7H3F5/c8-5-1-4(7(10,11)12)2-6(9)3-5/h1-3H. The minimum absolute atomic E-state index is 0.239. The minimum atomic E-state index is -4.71. The van der Waals surface area contributed by atoms with Crippen molar-refractivity contribution in [3.8, 4) is 0 Å². The third-order valence-corrected chi connectivity index (χ3v) is 1.19. The molecule has 0 bridgehead atoms. The fraction of sp³-hybridized carbons (Fsp3) is 0.143. The van der Waals surface area contributed by atoms with Gasteiger partial charge >= 0.3 is 6.18 Å². The molecule has 1 aromatic carbocycles. The maximum Gasteiger partial charge on any atom is 0.416 e. The first kappa shape index (κ1) is 8.96. The van der Waals surface area contributed by atoms with Gasteiger partial charge in [0, 0.05) is 6.07 Å². The van der Waals surface area contributed by atoms with Crippen LogP contribution in [0.5, 0.6) is 0 Å². The summed E-state index contributed by atoms with van der Waals surface area (Å²) in [5.74, 6) is -2.47. The summed E-state index contributed by atoms with van der Waals surface area (Å²) >= 11 is 0. The lowest BCUT2D eigenvalue weighted by molar-refractivity contribution is -0.138. The number of halogens is 5. The lowest BCUT2D eigenvalue weighted by atomic mass is 10.2. The van der Waals surface area contributed by atoms with E-state index < -0.39 is 23.4 Å². The van der Waals surface area contributed by atoms with Gasteiger partial charge in [-0.2, -0.15) is 13.2 Å². The van der Waals surface area contributed by atoms with Crippen molar-refractivity contribution in [3.05, 3.63) is 35.4 Å². The van der Waals surface area contributed by atoms with Crippen LogP contribution < -0.4 is 0 Å². The zero-order chi connectivity index (χ0) is 9.35. The van der Waals surface area contributed by atoms with Crippen molar-refractivity contribution >= 4 is 0 Å².